The molecule has 0 aliphatic carbocycles. The molecule has 2 heteroatoms. The van der Waals surface area contributed by atoms with Gasteiger partial charge >= 0.3 is 0 Å². The van der Waals surface area contributed by atoms with Crippen LogP contribution in [-0.2, 0) is 4.74 Å². The quantitative estimate of drug-likeness (QED) is 0.465. The van der Waals surface area contributed by atoms with Crippen molar-refractivity contribution in [1.29, 1.82) is 0 Å². The number of unbranched alkanes of at least 4 members (excludes halogenated alkanes) is 3. The molecule has 0 N–H and O–H groups in total. The second-order valence-electron chi connectivity index (χ2n) is 3.27. The lowest BCUT2D eigenvalue weighted by atomic mass is 10.0. The summed E-state index contributed by atoms with van der Waals surface area (Å²) in [6, 6.07) is 0. The second kappa shape index (κ2) is 7.53. The highest BCUT2D eigenvalue weighted by Gasteiger charge is 2.07. The summed E-state index contributed by atoms with van der Waals surface area (Å²) in [6.07, 6.45) is 6.41. The molecule has 0 saturated heterocycles. The summed E-state index contributed by atoms with van der Waals surface area (Å²) in [7, 11) is 1.66. The highest BCUT2D eigenvalue weighted by atomic mass is 32.1. The third kappa shape index (κ3) is 5.53. The Morgan fingerprint density at radius 2 is 2.00 bits per heavy atom. The molecule has 0 saturated carbocycles. The van der Waals surface area contributed by atoms with Crippen molar-refractivity contribution in [3.8, 4) is 0 Å². The predicted octanol–water partition coefficient (Wildman–Crippen LogP) is 3.57. The van der Waals surface area contributed by atoms with Gasteiger partial charge in [0.2, 0.25) is 0 Å². The molecule has 0 spiro atoms. The van der Waals surface area contributed by atoms with E-state index in [1.54, 1.807) is 7.11 Å². The lowest BCUT2D eigenvalue weighted by molar-refractivity contribution is 0.375. The number of ether oxygens (including phenoxy) is 1. The molecule has 0 heterocycles. The van der Waals surface area contributed by atoms with E-state index in [9.17, 15) is 0 Å². The van der Waals surface area contributed by atoms with Crippen LogP contribution in [0.3, 0.4) is 0 Å². The molecular weight excluding hydrogens is 168 g/mol. The monoisotopic (exact) mass is 188 g/mol. The lowest BCUT2D eigenvalue weighted by Gasteiger charge is -2.10. The maximum Gasteiger partial charge on any atom is 0.162 e. The van der Waals surface area contributed by atoms with Gasteiger partial charge < -0.3 is 4.74 Å². The van der Waals surface area contributed by atoms with Crippen molar-refractivity contribution in [2.75, 3.05) is 7.11 Å². The van der Waals surface area contributed by atoms with Crippen LogP contribution < -0.4 is 0 Å². The Balaban J connectivity index is 3.31. The molecule has 0 aromatic carbocycles. The van der Waals surface area contributed by atoms with Crippen LogP contribution in [0.15, 0.2) is 0 Å². The summed E-state index contributed by atoms with van der Waals surface area (Å²) < 4.78 is 5.00. The van der Waals surface area contributed by atoms with Crippen molar-refractivity contribution in [2.45, 2.75) is 46.0 Å². The molecule has 1 atom stereocenters. The SMILES string of the molecule is CCCCCC[C@@H](C)C(=S)OC. The average molecular weight is 188 g/mol. The van der Waals surface area contributed by atoms with Gasteiger partial charge in [-0.15, -0.1) is 0 Å². The number of methoxy groups -OCH3 is 1. The van der Waals surface area contributed by atoms with Crippen LogP contribution >= 0.6 is 12.2 Å². The summed E-state index contributed by atoms with van der Waals surface area (Å²) >= 11 is 5.03. The van der Waals surface area contributed by atoms with Crippen molar-refractivity contribution in [1.82, 2.24) is 0 Å². The van der Waals surface area contributed by atoms with Gasteiger partial charge in [0.25, 0.3) is 0 Å². The van der Waals surface area contributed by atoms with Gasteiger partial charge in [-0.3, -0.25) is 0 Å². The van der Waals surface area contributed by atoms with Crippen LogP contribution in [-0.4, -0.2) is 12.2 Å². The minimum atomic E-state index is 0.446. The Bertz CT molecular complexity index is 123. The summed E-state index contributed by atoms with van der Waals surface area (Å²) in [4.78, 5) is 0. The van der Waals surface area contributed by atoms with E-state index in [0.717, 1.165) is 5.05 Å². The number of hydrogen-bond donors (Lipinski definition) is 0. The van der Waals surface area contributed by atoms with Crippen molar-refractivity contribution in [2.24, 2.45) is 5.92 Å². The molecule has 0 unspecified atom stereocenters. The Hall–Kier alpha value is -0.110. The zero-order valence-electron chi connectivity index (χ0n) is 8.43. The van der Waals surface area contributed by atoms with Gasteiger partial charge in [-0.05, 0) is 18.6 Å². The van der Waals surface area contributed by atoms with Gasteiger partial charge in [-0.25, -0.2) is 0 Å². The third-order valence-electron chi connectivity index (χ3n) is 2.09. The molecule has 0 fully saturated rings. The predicted molar refractivity (Wildman–Crippen MR) is 57.5 cm³/mol. The van der Waals surface area contributed by atoms with Crippen LogP contribution in [0.25, 0.3) is 0 Å². The first-order chi connectivity index (χ1) is 5.72. The topological polar surface area (TPSA) is 9.23 Å². The highest BCUT2D eigenvalue weighted by molar-refractivity contribution is 7.80. The Kier molecular flexibility index (Phi) is 7.47. The maximum absolute atomic E-state index is 5.03. The molecule has 0 radical (unpaired) electrons. The Labute approximate surface area is 81.5 Å². The molecule has 72 valence electrons. The number of hydrogen-bond acceptors (Lipinski definition) is 2. The van der Waals surface area contributed by atoms with E-state index < -0.39 is 0 Å². The minimum absolute atomic E-state index is 0.446. The molecule has 0 aromatic heterocycles. The Morgan fingerprint density at radius 3 is 2.50 bits per heavy atom. The average Bonchev–Trinajstić information content (AvgIpc) is 2.10. The highest BCUT2D eigenvalue weighted by Crippen LogP contribution is 2.12. The summed E-state index contributed by atoms with van der Waals surface area (Å²) in [5.41, 5.74) is 0. The zero-order valence-corrected chi connectivity index (χ0v) is 9.25. The lowest BCUT2D eigenvalue weighted by Crippen LogP contribution is -2.09. The maximum atomic E-state index is 5.03. The van der Waals surface area contributed by atoms with Gasteiger partial charge in [0, 0.05) is 5.92 Å². The number of rotatable bonds is 6. The van der Waals surface area contributed by atoms with Crippen molar-refractivity contribution < 1.29 is 4.74 Å². The van der Waals surface area contributed by atoms with Gasteiger partial charge in [-0.2, -0.15) is 0 Å². The third-order valence-corrected chi connectivity index (χ3v) is 2.66. The normalized spacial score (nSPS) is 12.6. The first kappa shape index (κ1) is 11.9. The van der Waals surface area contributed by atoms with Crippen LogP contribution in [0.2, 0.25) is 0 Å². The van der Waals surface area contributed by atoms with E-state index >= 15 is 0 Å². The van der Waals surface area contributed by atoms with E-state index in [1.807, 2.05) is 0 Å². The summed E-state index contributed by atoms with van der Waals surface area (Å²) in [6.45, 7) is 4.36. The largest absolute Gasteiger partial charge is 0.490 e. The fraction of sp³-hybridized carbons (Fsp3) is 0.900. The fourth-order valence-electron chi connectivity index (χ4n) is 1.20. The van der Waals surface area contributed by atoms with E-state index in [2.05, 4.69) is 13.8 Å². The molecular formula is C10H20OS. The minimum Gasteiger partial charge on any atom is -0.490 e. The molecule has 0 aliphatic heterocycles. The molecule has 0 aliphatic rings. The van der Waals surface area contributed by atoms with Gasteiger partial charge in [0.15, 0.2) is 5.05 Å². The van der Waals surface area contributed by atoms with Crippen molar-refractivity contribution in [3.63, 3.8) is 0 Å². The second-order valence-corrected chi connectivity index (χ2v) is 3.68. The summed E-state index contributed by atoms with van der Waals surface area (Å²) in [5, 5.41) is 0.756. The molecule has 0 aromatic rings. The van der Waals surface area contributed by atoms with Crippen LogP contribution in [0.4, 0.5) is 0 Å². The van der Waals surface area contributed by atoms with Gasteiger partial charge in [-0.1, -0.05) is 39.5 Å². The van der Waals surface area contributed by atoms with Crippen LogP contribution in [0.5, 0.6) is 0 Å². The van der Waals surface area contributed by atoms with Crippen molar-refractivity contribution >= 4 is 17.3 Å². The smallest absolute Gasteiger partial charge is 0.162 e. The van der Waals surface area contributed by atoms with Crippen molar-refractivity contribution in [3.05, 3.63) is 0 Å². The molecule has 0 rings (SSSR count). The van der Waals surface area contributed by atoms with Crippen LogP contribution in [0, 0.1) is 5.92 Å². The van der Waals surface area contributed by atoms with Crippen LogP contribution in [0.1, 0.15) is 46.0 Å². The molecule has 1 nitrogen and oxygen atoms in total. The first-order valence-electron chi connectivity index (χ1n) is 4.80. The fourth-order valence-corrected chi connectivity index (χ4v) is 1.31. The van der Waals surface area contributed by atoms with E-state index in [0.29, 0.717) is 5.92 Å². The van der Waals surface area contributed by atoms with E-state index in [1.165, 1.54) is 32.1 Å². The first-order valence-corrected chi connectivity index (χ1v) is 5.21. The summed E-state index contributed by atoms with van der Waals surface area (Å²) in [5.74, 6) is 0.446. The zero-order chi connectivity index (χ0) is 9.40. The number of thiocarbonyl (C=S) groups is 1. The van der Waals surface area contributed by atoms with Gasteiger partial charge in [0.1, 0.15) is 0 Å². The molecule has 12 heavy (non-hydrogen) atoms. The van der Waals surface area contributed by atoms with E-state index in [-0.39, 0.29) is 0 Å². The standard InChI is InChI=1S/C10H20OS/c1-4-5-6-7-8-9(2)10(12)11-3/h9H,4-8H2,1-3H3/t9-/m1/s1. The molecule has 0 bridgehead atoms. The Morgan fingerprint density at radius 1 is 1.33 bits per heavy atom. The van der Waals surface area contributed by atoms with Gasteiger partial charge in [0.05, 0.1) is 7.11 Å². The van der Waals surface area contributed by atoms with E-state index in [4.69, 9.17) is 17.0 Å². The molecule has 0 amide bonds.